The first-order chi connectivity index (χ1) is 13.3. The molecule has 2 aromatic rings. The number of fused-ring (bicyclic) bond motifs is 1. The van der Waals surface area contributed by atoms with Crippen molar-refractivity contribution in [2.24, 2.45) is 17.3 Å². The van der Waals surface area contributed by atoms with Crippen LogP contribution in [0.1, 0.15) is 29.8 Å². The van der Waals surface area contributed by atoms with E-state index < -0.39 is 23.2 Å². The molecule has 2 atom stereocenters. The molecule has 1 fully saturated rings. The maximum Gasteiger partial charge on any atom is 0.307 e. The summed E-state index contributed by atoms with van der Waals surface area (Å²) in [5.41, 5.74) is 2.40. The second-order valence-electron chi connectivity index (χ2n) is 7.90. The number of nitrogens with zero attached hydrogens (tertiary/aromatic N) is 2. The van der Waals surface area contributed by atoms with E-state index in [0.29, 0.717) is 24.2 Å². The normalized spacial score (nSPS) is 21.7. The molecule has 2 amide bonds. The fourth-order valence-electron chi connectivity index (χ4n) is 4.14. The number of hydrogen-bond donors (Lipinski definition) is 2. The van der Waals surface area contributed by atoms with Crippen molar-refractivity contribution in [1.82, 2.24) is 4.98 Å². The van der Waals surface area contributed by atoms with Crippen molar-refractivity contribution in [3.05, 3.63) is 53.9 Å². The molecule has 0 saturated heterocycles. The van der Waals surface area contributed by atoms with E-state index in [1.54, 1.807) is 49.3 Å². The fourth-order valence-corrected chi connectivity index (χ4v) is 4.14. The second-order valence-corrected chi connectivity index (χ2v) is 7.90. The summed E-state index contributed by atoms with van der Waals surface area (Å²) in [6.07, 6.45) is 3.86. The van der Waals surface area contributed by atoms with Crippen LogP contribution in [0.5, 0.6) is 0 Å². The van der Waals surface area contributed by atoms with Gasteiger partial charge in [-0.05, 0) is 47.7 Å². The topological polar surface area (TPSA) is 99.6 Å². The third-order valence-corrected chi connectivity index (χ3v) is 5.77. The van der Waals surface area contributed by atoms with Crippen LogP contribution >= 0.6 is 0 Å². The molecule has 144 valence electrons. The maximum atomic E-state index is 12.7. The Balaban J connectivity index is 1.49. The van der Waals surface area contributed by atoms with Crippen LogP contribution in [-0.4, -0.2) is 34.4 Å². The van der Waals surface area contributed by atoms with Crippen LogP contribution in [-0.2, 0) is 16.0 Å². The number of nitrogens with one attached hydrogen (secondary N) is 1. The number of anilines is 2. The minimum absolute atomic E-state index is 0.104. The van der Waals surface area contributed by atoms with Gasteiger partial charge in [0, 0.05) is 30.3 Å². The molecule has 1 saturated carbocycles. The lowest BCUT2D eigenvalue weighted by Gasteiger charge is -2.17. The summed E-state index contributed by atoms with van der Waals surface area (Å²) in [7, 11) is 0. The smallest absolute Gasteiger partial charge is 0.307 e. The Kier molecular flexibility index (Phi) is 4.18. The molecule has 0 unspecified atom stereocenters. The van der Waals surface area contributed by atoms with Gasteiger partial charge in [0.05, 0.1) is 17.4 Å². The Bertz CT molecular complexity index is 971. The SMILES string of the molecule is CC1(C)[C@@H](C(=O)O)[C@@H]1C(=O)Nc1ccc2c(c1)CCN2C(=O)c1cccnc1. The highest BCUT2D eigenvalue weighted by Gasteiger charge is 2.65. The number of aliphatic carboxylic acids is 1. The van der Waals surface area contributed by atoms with E-state index in [0.717, 1.165) is 11.3 Å². The van der Waals surface area contributed by atoms with Gasteiger partial charge in [-0.3, -0.25) is 19.4 Å². The van der Waals surface area contributed by atoms with Gasteiger partial charge in [0.15, 0.2) is 0 Å². The van der Waals surface area contributed by atoms with Gasteiger partial charge in [-0.2, -0.15) is 0 Å². The van der Waals surface area contributed by atoms with Gasteiger partial charge >= 0.3 is 5.97 Å². The minimum atomic E-state index is -0.941. The molecule has 0 bridgehead atoms. The first-order valence-corrected chi connectivity index (χ1v) is 9.19. The predicted octanol–water partition coefficient (Wildman–Crippen LogP) is 2.58. The molecular weight excluding hydrogens is 358 g/mol. The number of aromatic nitrogens is 1. The molecule has 1 aromatic heterocycles. The lowest BCUT2D eigenvalue weighted by Crippen LogP contribution is -2.28. The first kappa shape index (κ1) is 18.2. The molecule has 2 heterocycles. The Morgan fingerprint density at radius 3 is 2.64 bits per heavy atom. The predicted molar refractivity (Wildman–Crippen MR) is 103 cm³/mol. The zero-order chi connectivity index (χ0) is 20.1. The van der Waals surface area contributed by atoms with Crippen LogP contribution < -0.4 is 10.2 Å². The summed E-state index contributed by atoms with van der Waals surface area (Å²) < 4.78 is 0. The molecule has 2 N–H and O–H groups in total. The molecular formula is C21H21N3O4. The molecule has 0 radical (unpaired) electrons. The zero-order valence-corrected chi connectivity index (χ0v) is 15.7. The maximum absolute atomic E-state index is 12.7. The average Bonchev–Trinajstić information content (AvgIpc) is 3.04. The van der Waals surface area contributed by atoms with E-state index >= 15 is 0 Å². The van der Waals surface area contributed by atoms with Crippen LogP contribution in [0.2, 0.25) is 0 Å². The van der Waals surface area contributed by atoms with Crippen molar-refractivity contribution in [2.75, 3.05) is 16.8 Å². The number of pyridine rings is 1. The fraction of sp³-hybridized carbons (Fsp3) is 0.333. The van der Waals surface area contributed by atoms with Crippen molar-refractivity contribution in [1.29, 1.82) is 0 Å². The lowest BCUT2D eigenvalue weighted by atomic mass is 10.1. The molecule has 2 aliphatic rings. The number of carbonyl (C=O) groups is 3. The summed E-state index contributed by atoms with van der Waals surface area (Å²) >= 11 is 0. The largest absolute Gasteiger partial charge is 0.481 e. The third kappa shape index (κ3) is 2.93. The number of benzene rings is 1. The number of carbonyl (C=O) groups excluding carboxylic acids is 2. The van der Waals surface area contributed by atoms with E-state index in [4.69, 9.17) is 0 Å². The van der Waals surface area contributed by atoms with Crippen molar-refractivity contribution in [3.8, 4) is 0 Å². The number of rotatable bonds is 4. The summed E-state index contributed by atoms with van der Waals surface area (Å²) in [6.45, 7) is 4.15. The van der Waals surface area contributed by atoms with Gasteiger partial charge in [-0.25, -0.2) is 0 Å². The molecule has 1 aliphatic carbocycles. The molecule has 28 heavy (non-hydrogen) atoms. The van der Waals surface area contributed by atoms with Gasteiger partial charge in [-0.1, -0.05) is 13.8 Å². The van der Waals surface area contributed by atoms with E-state index in [2.05, 4.69) is 10.3 Å². The Morgan fingerprint density at radius 2 is 2.00 bits per heavy atom. The standard InChI is InChI=1S/C21H21N3O4/c1-21(2)16(17(21)20(27)28)18(25)23-14-5-6-15-12(10-14)7-9-24(15)19(26)13-4-3-8-22-11-13/h3-6,8,10-11,16-17H,7,9H2,1-2H3,(H,23,25)(H,27,28)/t16-,17-/m1/s1. The van der Waals surface area contributed by atoms with Crippen molar-refractivity contribution >= 4 is 29.2 Å². The van der Waals surface area contributed by atoms with E-state index in [1.165, 1.54) is 0 Å². The molecule has 0 spiro atoms. The Labute approximate surface area is 162 Å². The number of hydrogen-bond acceptors (Lipinski definition) is 4. The highest BCUT2D eigenvalue weighted by molar-refractivity contribution is 6.07. The lowest BCUT2D eigenvalue weighted by molar-refractivity contribution is -0.140. The third-order valence-electron chi connectivity index (χ3n) is 5.77. The Morgan fingerprint density at radius 1 is 1.21 bits per heavy atom. The molecule has 7 nitrogen and oxygen atoms in total. The van der Waals surface area contributed by atoms with E-state index in [1.807, 2.05) is 12.1 Å². The summed E-state index contributed by atoms with van der Waals surface area (Å²) in [6, 6.07) is 8.88. The van der Waals surface area contributed by atoms with Gasteiger partial charge < -0.3 is 15.3 Å². The Hall–Kier alpha value is -3.22. The van der Waals surface area contributed by atoms with Crippen molar-refractivity contribution in [3.63, 3.8) is 0 Å². The first-order valence-electron chi connectivity index (χ1n) is 9.19. The van der Waals surface area contributed by atoms with Crippen LogP contribution in [0.25, 0.3) is 0 Å². The second kappa shape index (κ2) is 6.44. The summed E-state index contributed by atoms with van der Waals surface area (Å²) in [4.78, 5) is 42.2. The molecule has 1 aliphatic heterocycles. The van der Waals surface area contributed by atoms with Crippen LogP contribution in [0.3, 0.4) is 0 Å². The van der Waals surface area contributed by atoms with E-state index in [-0.39, 0.29) is 11.8 Å². The quantitative estimate of drug-likeness (QED) is 0.851. The van der Waals surface area contributed by atoms with Crippen molar-refractivity contribution in [2.45, 2.75) is 20.3 Å². The van der Waals surface area contributed by atoms with Crippen LogP contribution in [0, 0.1) is 17.3 Å². The van der Waals surface area contributed by atoms with Crippen LogP contribution in [0.4, 0.5) is 11.4 Å². The molecule has 7 heteroatoms. The number of carboxylic acid groups (broad SMARTS) is 1. The zero-order valence-electron chi connectivity index (χ0n) is 15.7. The van der Waals surface area contributed by atoms with E-state index in [9.17, 15) is 19.5 Å². The van der Waals surface area contributed by atoms with Gasteiger partial charge in [0.25, 0.3) is 5.91 Å². The summed E-state index contributed by atoms with van der Waals surface area (Å²) in [5.74, 6) is -2.52. The average molecular weight is 379 g/mol. The van der Waals surface area contributed by atoms with Gasteiger partial charge in [0.1, 0.15) is 0 Å². The highest BCUT2D eigenvalue weighted by Crippen LogP contribution is 2.58. The molecule has 1 aromatic carbocycles. The summed E-state index contributed by atoms with van der Waals surface area (Å²) in [5, 5.41) is 12.1. The van der Waals surface area contributed by atoms with Crippen LogP contribution in [0.15, 0.2) is 42.7 Å². The monoisotopic (exact) mass is 379 g/mol. The van der Waals surface area contributed by atoms with Gasteiger partial charge in [-0.15, -0.1) is 0 Å². The van der Waals surface area contributed by atoms with Crippen molar-refractivity contribution < 1.29 is 19.5 Å². The minimum Gasteiger partial charge on any atom is -0.481 e. The highest BCUT2D eigenvalue weighted by atomic mass is 16.4. The molecule has 4 rings (SSSR count). The van der Waals surface area contributed by atoms with Gasteiger partial charge in [0.2, 0.25) is 5.91 Å². The number of carboxylic acids is 1. The number of amides is 2.